The summed E-state index contributed by atoms with van der Waals surface area (Å²) in [6, 6.07) is 4.17. The number of halogens is 2. The van der Waals surface area contributed by atoms with Crippen molar-refractivity contribution in [2.75, 3.05) is 0 Å². The second-order valence-corrected chi connectivity index (χ2v) is 5.03. The lowest BCUT2D eigenvalue weighted by Crippen LogP contribution is -2.16. The number of carbonyl (C=O) groups excluding carboxylic acids is 1. The molecule has 0 aliphatic heterocycles. The lowest BCUT2D eigenvalue weighted by Gasteiger charge is -2.13. The molecule has 0 heterocycles. The van der Waals surface area contributed by atoms with Gasteiger partial charge >= 0.3 is 0 Å². The van der Waals surface area contributed by atoms with E-state index in [0.717, 1.165) is 25.7 Å². The molecule has 1 aromatic carbocycles. The molecule has 0 N–H and O–H groups in total. The second-order valence-electron chi connectivity index (χ2n) is 4.63. The van der Waals surface area contributed by atoms with Crippen molar-refractivity contribution in [1.82, 2.24) is 0 Å². The van der Waals surface area contributed by atoms with Crippen LogP contribution in [-0.2, 0) is 11.2 Å². The van der Waals surface area contributed by atoms with E-state index in [4.69, 9.17) is 11.6 Å². The van der Waals surface area contributed by atoms with Crippen LogP contribution in [0.1, 0.15) is 45.1 Å². The normalized spacial score (nSPS) is 12.4. The molecule has 0 aliphatic carbocycles. The fourth-order valence-corrected chi connectivity index (χ4v) is 2.24. The molecule has 100 valence electrons. The maximum Gasteiger partial charge on any atom is 0.140 e. The Morgan fingerprint density at radius 1 is 1.39 bits per heavy atom. The molecule has 0 fully saturated rings. The first-order chi connectivity index (χ1) is 8.58. The molecule has 0 aromatic heterocycles. The summed E-state index contributed by atoms with van der Waals surface area (Å²) >= 11 is 5.97. The minimum atomic E-state index is -0.344. The van der Waals surface area contributed by atoms with E-state index in [1.165, 1.54) is 18.2 Å². The van der Waals surface area contributed by atoms with Crippen LogP contribution in [0.5, 0.6) is 0 Å². The number of hydrogen-bond acceptors (Lipinski definition) is 1. The molecule has 1 rings (SSSR count). The Balaban J connectivity index is 2.70. The molecule has 0 amide bonds. The van der Waals surface area contributed by atoms with Gasteiger partial charge in [0.05, 0.1) is 0 Å². The minimum Gasteiger partial charge on any atom is -0.299 e. The molecule has 0 saturated heterocycles. The molecule has 0 aliphatic rings. The van der Waals surface area contributed by atoms with Crippen LogP contribution in [0.15, 0.2) is 18.2 Å². The molecule has 0 spiro atoms. The highest BCUT2D eigenvalue weighted by Crippen LogP contribution is 2.21. The highest BCUT2D eigenvalue weighted by Gasteiger charge is 2.17. The summed E-state index contributed by atoms with van der Waals surface area (Å²) in [4.78, 5) is 12.1. The van der Waals surface area contributed by atoms with Crippen molar-refractivity contribution in [3.05, 3.63) is 34.6 Å². The largest absolute Gasteiger partial charge is 0.299 e. The van der Waals surface area contributed by atoms with E-state index in [-0.39, 0.29) is 23.9 Å². The zero-order chi connectivity index (χ0) is 13.5. The Kier molecular flexibility index (Phi) is 6.34. The van der Waals surface area contributed by atoms with E-state index < -0.39 is 0 Å². The predicted octanol–water partition coefficient (Wildman–Crippen LogP) is 4.81. The van der Waals surface area contributed by atoms with Gasteiger partial charge in [-0.05, 0) is 36.6 Å². The fraction of sp³-hybridized carbons (Fsp3) is 0.533. The van der Waals surface area contributed by atoms with E-state index in [0.29, 0.717) is 10.6 Å². The number of Topliss-reactive ketones (excluding diaryl/α,β-unsaturated/α-hetero) is 1. The number of benzene rings is 1. The van der Waals surface area contributed by atoms with Crippen LogP contribution in [0, 0.1) is 11.7 Å². The SMILES string of the molecule is CCCCC(CC)C(=O)Cc1cc(F)ccc1Cl. The van der Waals surface area contributed by atoms with Crippen LogP contribution in [-0.4, -0.2) is 5.78 Å². The molecule has 3 heteroatoms. The summed E-state index contributed by atoms with van der Waals surface area (Å²) in [5.74, 6) is -0.105. The fourth-order valence-electron chi connectivity index (χ4n) is 2.05. The average Bonchev–Trinajstić information content (AvgIpc) is 2.35. The Morgan fingerprint density at radius 3 is 2.72 bits per heavy atom. The van der Waals surface area contributed by atoms with Crippen molar-refractivity contribution in [2.24, 2.45) is 5.92 Å². The summed E-state index contributed by atoms with van der Waals surface area (Å²) in [6.45, 7) is 4.13. The van der Waals surface area contributed by atoms with Crippen molar-refractivity contribution in [2.45, 2.75) is 46.0 Å². The Labute approximate surface area is 113 Å². The summed E-state index contributed by atoms with van der Waals surface area (Å²) in [6.07, 6.45) is 4.13. The summed E-state index contributed by atoms with van der Waals surface area (Å²) < 4.78 is 13.1. The van der Waals surface area contributed by atoms with E-state index >= 15 is 0 Å². The van der Waals surface area contributed by atoms with Crippen LogP contribution in [0.3, 0.4) is 0 Å². The van der Waals surface area contributed by atoms with E-state index in [1.54, 1.807) is 0 Å². The molecule has 1 atom stereocenters. The van der Waals surface area contributed by atoms with Crippen molar-refractivity contribution >= 4 is 17.4 Å². The second kappa shape index (κ2) is 7.52. The number of ketones is 1. The zero-order valence-electron chi connectivity index (χ0n) is 11.0. The molecule has 18 heavy (non-hydrogen) atoms. The van der Waals surface area contributed by atoms with Crippen molar-refractivity contribution in [3.63, 3.8) is 0 Å². The van der Waals surface area contributed by atoms with Gasteiger partial charge in [0.15, 0.2) is 0 Å². The molecule has 1 nitrogen and oxygen atoms in total. The van der Waals surface area contributed by atoms with E-state index in [2.05, 4.69) is 6.92 Å². The van der Waals surface area contributed by atoms with E-state index in [1.807, 2.05) is 6.92 Å². The molecular formula is C15H20ClFO. The molecule has 0 radical (unpaired) electrons. The van der Waals surface area contributed by atoms with Crippen molar-refractivity contribution < 1.29 is 9.18 Å². The maximum absolute atomic E-state index is 13.1. The van der Waals surface area contributed by atoms with Crippen LogP contribution < -0.4 is 0 Å². The van der Waals surface area contributed by atoms with Gasteiger partial charge < -0.3 is 0 Å². The van der Waals surface area contributed by atoms with Crippen LogP contribution in [0.4, 0.5) is 4.39 Å². The quantitative estimate of drug-likeness (QED) is 0.695. The van der Waals surface area contributed by atoms with Crippen molar-refractivity contribution in [3.8, 4) is 0 Å². The summed E-state index contributed by atoms with van der Waals surface area (Å²) in [7, 11) is 0. The third-order valence-corrected chi connectivity index (χ3v) is 3.60. The first-order valence-corrected chi connectivity index (χ1v) is 6.92. The van der Waals surface area contributed by atoms with Gasteiger partial charge in [0.1, 0.15) is 11.6 Å². The van der Waals surface area contributed by atoms with Gasteiger partial charge in [-0.1, -0.05) is 38.3 Å². The Morgan fingerprint density at radius 2 is 2.11 bits per heavy atom. The van der Waals surface area contributed by atoms with Crippen molar-refractivity contribution in [1.29, 1.82) is 0 Å². The lowest BCUT2D eigenvalue weighted by atomic mass is 9.91. The van der Waals surface area contributed by atoms with Crippen LogP contribution in [0.2, 0.25) is 5.02 Å². The summed E-state index contributed by atoms with van der Waals surface area (Å²) in [5, 5.41) is 0.468. The van der Waals surface area contributed by atoms with Gasteiger partial charge in [0, 0.05) is 17.4 Å². The minimum absolute atomic E-state index is 0.0734. The monoisotopic (exact) mass is 270 g/mol. The predicted molar refractivity (Wildman–Crippen MR) is 73.4 cm³/mol. The number of carbonyl (C=O) groups is 1. The highest BCUT2D eigenvalue weighted by molar-refractivity contribution is 6.31. The molecule has 1 aromatic rings. The van der Waals surface area contributed by atoms with E-state index in [9.17, 15) is 9.18 Å². The molecule has 0 saturated carbocycles. The van der Waals surface area contributed by atoms with Gasteiger partial charge in [-0.15, -0.1) is 0 Å². The number of hydrogen-bond donors (Lipinski definition) is 0. The third kappa shape index (κ3) is 4.41. The highest BCUT2D eigenvalue weighted by atomic mass is 35.5. The standard InChI is InChI=1S/C15H20ClFO/c1-3-5-6-11(4-2)15(18)10-12-9-13(17)7-8-14(12)16/h7-9,11H,3-6,10H2,1-2H3. The molecular weight excluding hydrogens is 251 g/mol. The van der Waals surface area contributed by atoms with Gasteiger partial charge in [0.25, 0.3) is 0 Å². The van der Waals surface area contributed by atoms with Gasteiger partial charge in [-0.3, -0.25) is 4.79 Å². The zero-order valence-corrected chi connectivity index (χ0v) is 11.8. The van der Waals surface area contributed by atoms with Crippen LogP contribution >= 0.6 is 11.6 Å². The van der Waals surface area contributed by atoms with Crippen LogP contribution in [0.25, 0.3) is 0 Å². The average molecular weight is 271 g/mol. The van der Waals surface area contributed by atoms with Gasteiger partial charge in [-0.2, -0.15) is 0 Å². The van der Waals surface area contributed by atoms with Gasteiger partial charge in [0.2, 0.25) is 0 Å². The first-order valence-electron chi connectivity index (χ1n) is 6.55. The first kappa shape index (κ1) is 15.2. The third-order valence-electron chi connectivity index (χ3n) is 3.23. The molecule has 1 unspecified atom stereocenters. The number of unbranched alkanes of at least 4 members (excludes halogenated alkanes) is 1. The Hall–Kier alpha value is -0.890. The Bertz CT molecular complexity index is 403. The topological polar surface area (TPSA) is 17.1 Å². The lowest BCUT2D eigenvalue weighted by molar-refractivity contribution is -0.122. The maximum atomic E-state index is 13.1. The van der Waals surface area contributed by atoms with Gasteiger partial charge in [-0.25, -0.2) is 4.39 Å². The smallest absolute Gasteiger partial charge is 0.140 e. The summed E-state index contributed by atoms with van der Waals surface area (Å²) in [5.41, 5.74) is 0.594. The number of rotatable bonds is 7. The molecule has 0 bridgehead atoms.